The van der Waals surface area contributed by atoms with Crippen molar-refractivity contribution < 1.29 is 23.8 Å². The molecule has 0 saturated carbocycles. The molecule has 0 bridgehead atoms. The number of carbonyl (C=O) groups is 2. The fourth-order valence-corrected chi connectivity index (χ4v) is 2.36. The molecule has 0 aliphatic carbocycles. The summed E-state index contributed by atoms with van der Waals surface area (Å²) in [5.41, 5.74) is 0.736. The van der Waals surface area contributed by atoms with Crippen molar-refractivity contribution in [2.45, 2.75) is 13.3 Å². The summed E-state index contributed by atoms with van der Waals surface area (Å²) in [4.78, 5) is 23.4. The number of aldehydes is 1. The van der Waals surface area contributed by atoms with Crippen molar-refractivity contribution in [3.63, 3.8) is 0 Å². The number of hydrogen-bond donors (Lipinski definition) is 0. The highest BCUT2D eigenvalue weighted by Gasteiger charge is 2.18. The maximum Gasteiger partial charge on any atom is 0.347 e. The highest BCUT2D eigenvalue weighted by Crippen LogP contribution is 2.30. The first-order chi connectivity index (χ1) is 11.6. The van der Waals surface area contributed by atoms with Crippen LogP contribution in [-0.4, -0.2) is 26.0 Å². The molecular formula is C18H17BrO5. The van der Waals surface area contributed by atoms with E-state index in [1.54, 1.807) is 24.3 Å². The summed E-state index contributed by atoms with van der Waals surface area (Å²) in [6.45, 7) is 2.48. The van der Waals surface area contributed by atoms with Crippen LogP contribution in [0.4, 0.5) is 0 Å². The summed E-state index contributed by atoms with van der Waals surface area (Å²) in [6, 6.07) is 9.72. The quantitative estimate of drug-likeness (QED) is 0.399. The second-order valence-corrected chi connectivity index (χ2v) is 5.82. The number of methoxy groups -OCH3 is 1. The van der Waals surface area contributed by atoms with Gasteiger partial charge in [-0.2, -0.15) is 0 Å². The zero-order valence-corrected chi connectivity index (χ0v) is 15.0. The Morgan fingerprint density at radius 2 is 1.88 bits per heavy atom. The van der Waals surface area contributed by atoms with Crippen LogP contribution in [0.3, 0.4) is 0 Å². The van der Waals surface area contributed by atoms with E-state index in [4.69, 9.17) is 14.2 Å². The SMILES string of the molecule is CCCOc1ccc(Br)cc1C(=O)Oc1ccc(C=O)cc1OC. The van der Waals surface area contributed by atoms with Gasteiger partial charge in [0, 0.05) is 10.0 Å². The Morgan fingerprint density at radius 3 is 2.54 bits per heavy atom. The Balaban J connectivity index is 2.29. The molecule has 2 aromatic carbocycles. The van der Waals surface area contributed by atoms with Gasteiger partial charge in [0.15, 0.2) is 11.5 Å². The fraction of sp³-hybridized carbons (Fsp3) is 0.222. The molecule has 0 aliphatic rings. The molecule has 0 aromatic heterocycles. The Morgan fingerprint density at radius 1 is 1.12 bits per heavy atom. The van der Waals surface area contributed by atoms with E-state index >= 15 is 0 Å². The molecule has 0 amide bonds. The van der Waals surface area contributed by atoms with Crippen LogP contribution in [-0.2, 0) is 0 Å². The van der Waals surface area contributed by atoms with Crippen molar-refractivity contribution >= 4 is 28.2 Å². The number of rotatable bonds is 7. The number of ether oxygens (including phenoxy) is 3. The van der Waals surface area contributed by atoms with Gasteiger partial charge in [-0.3, -0.25) is 4.79 Å². The summed E-state index contributed by atoms with van der Waals surface area (Å²) in [7, 11) is 1.44. The molecule has 0 aliphatic heterocycles. The lowest BCUT2D eigenvalue weighted by Gasteiger charge is -2.13. The summed E-state index contributed by atoms with van der Waals surface area (Å²) in [5, 5.41) is 0. The number of halogens is 1. The van der Waals surface area contributed by atoms with E-state index in [9.17, 15) is 9.59 Å². The highest BCUT2D eigenvalue weighted by atomic mass is 79.9. The van der Waals surface area contributed by atoms with Gasteiger partial charge in [-0.05, 0) is 42.8 Å². The van der Waals surface area contributed by atoms with E-state index in [1.807, 2.05) is 6.92 Å². The van der Waals surface area contributed by atoms with E-state index in [-0.39, 0.29) is 5.75 Å². The van der Waals surface area contributed by atoms with E-state index < -0.39 is 5.97 Å². The summed E-state index contributed by atoms with van der Waals surface area (Å²) < 4.78 is 16.9. The lowest BCUT2D eigenvalue weighted by atomic mass is 10.2. The maximum atomic E-state index is 12.5. The van der Waals surface area contributed by atoms with Crippen LogP contribution in [0.5, 0.6) is 17.2 Å². The summed E-state index contributed by atoms with van der Waals surface area (Å²) in [5.74, 6) is 0.418. The van der Waals surface area contributed by atoms with Gasteiger partial charge in [-0.25, -0.2) is 4.79 Å². The van der Waals surface area contributed by atoms with Gasteiger partial charge in [-0.15, -0.1) is 0 Å². The molecule has 5 nitrogen and oxygen atoms in total. The number of hydrogen-bond acceptors (Lipinski definition) is 5. The van der Waals surface area contributed by atoms with E-state index in [0.29, 0.717) is 35.5 Å². The fourth-order valence-electron chi connectivity index (χ4n) is 2.00. The molecule has 0 radical (unpaired) electrons. The van der Waals surface area contributed by atoms with Crippen LogP contribution in [0, 0.1) is 0 Å². The zero-order valence-electron chi connectivity index (χ0n) is 13.4. The van der Waals surface area contributed by atoms with Crippen LogP contribution >= 0.6 is 15.9 Å². The predicted octanol–water partition coefficient (Wildman–Crippen LogP) is 4.28. The third-order valence-corrected chi connectivity index (χ3v) is 3.64. The second kappa shape index (κ2) is 8.49. The van der Waals surface area contributed by atoms with Crippen molar-refractivity contribution in [1.82, 2.24) is 0 Å². The smallest absolute Gasteiger partial charge is 0.347 e. The monoisotopic (exact) mass is 392 g/mol. The molecule has 0 unspecified atom stereocenters. The minimum Gasteiger partial charge on any atom is -0.493 e. The van der Waals surface area contributed by atoms with Crippen LogP contribution in [0.15, 0.2) is 40.9 Å². The molecule has 0 N–H and O–H groups in total. The molecule has 126 valence electrons. The molecule has 0 atom stereocenters. The molecule has 24 heavy (non-hydrogen) atoms. The summed E-state index contributed by atoms with van der Waals surface area (Å²) in [6.07, 6.45) is 1.52. The van der Waals surface area contributed by atoms with Crippen LogP contribution in [0.25, 0.3) is 0 Å². The van der Waals surface area contributed by atoms with Gasteiger partial charge in [0.05, 0.1) is 13.7 Å². The molecule has 6 heteroatoms. The van der Waals surface area contributed by atoms with E-state index in [2.05, 4.69) is 15.9 Å². The molecule has 2 aromatic rings. The molecular weight excluding hydrogens is 376 g/mol. The third kappa shape index (κ3) is 4.35. The first-order valence-electron chi connectivity index (χ1n) is 7.36. The lowest BCUT2D eigenvalue weighted by molar-refractivity contribution is 0.0725. The Labute approximate surface area is 148 Å². The van der Waals surface area contributed by atoms with Crippen molar-refractivity contribution in [3.05, 3.63) is 52.0 Å². The Bertz CT molecular complexity index is 742. The number of benzene rings is 2. The van der Waals surface area contributed by atoms with Crippen molar-refractivity contribution in [1.29, 1.82) is 0 Å². The summed E-state index contributed by atoms with van der Waals surface area (Å²) >= 11 is 3.34. The Hall–Kier alpha value is -2.34. The molecule has 0 heterocycles. The minimum atomic E-state index is -0.570. The standard InChI is InChI=1S/C18H17BrO5/c1-3-8-23-15-7-5-13(19)10-14(15)18(21)24-16-6-4-12(11-20)9-17(16)22-2/h4-7,9-11H,3,8H2,1-2H3. The average Bonchev–Trinajstić information content (AvgIpc) is 2.60. The first-order valence-corrected chi connectivity index (χ1v) is 8.16. The van der Waals surface area contributed by atoms with Crippen LogP contribution < -0.4 is 14.2 Å². The Kier molecular flexibility index (Phi) is 6.37. The second-order valence-electron chi connectivity index (χ2n) is 4.91. The minimum absolute atomic E-state index is 0.231. The van der Waals surface area contributed by atoms with Crippen molar-refractivity contribution in [2.24, 2.45) is 0 Å². The molecule has 2 rings (SSSR count). The van der Waals surface area contributed by atoms with Crippen molar-refractivity contribution in [3.8, 4) is 17.2 Å². The normalized spacial score (nSPS) is 10.1. The van der Waals surface area contributed by atoms with Gasteiger partial charge < -0.3 is 14.2 Å². The van der Waals surface area contributed by atoms with E-state index in [1.165, 1.54) is 19.2 Å². The van der Waals surface area contributed by atoms with Gasteiger partial charge in [0.2, 0.25) is 0 Å². The third-order valence-electron chi connectivity index (χ3n) is 3.15. The van der Waals surface area contributed by atoms with Gasteiger partial charge in [-0.1, -0.05) is 22.9 Å². The largest absolute Gasteiger partial charge is 0.493 e. The lowest BCUT2D eigenvalue weighted by Crippen LogP contribution is -2.12. The van der Waals surface area contributed by atoms with E-state index in [0.717, 1.165) is 10.9 Å². The van der Waals surface area contributed by atoms with Crippen LogP contribution in [0.2, 0.25) is 0 Å². The molecule has 0 fully saturated rings. The maximum absolute atomic E-state index is 12.5. The van der Waals surface area contributed by atoms with Gasteiger partial charge in [0.25, 0.3) is 0 Å². The topological polar surface area (TPSA) is 61.8 Å². The highest BCUT2D eigenvalue weighted by molar-refractivity contribution is 9.10. The van der Waals surface area contributed by atoms with Crippen molar-refractivity contribution in [2.75, 3.05) is 13.7 Å². The van der Waals surface area contributed by atoms with Crippen LogP contribution in [0.1, 0.15) is 34.1 Å². The first kappa shape index (κ1) is 18.0. The van der Waals surface area contributed by atoms with Gasteiger partial charge in [0.1, 0.15) is 17.6 Å². The van der Waals surface area contributed by atoms with Gasteiger partial charge >= 0.3 is 5.97 Å². The average molecular weight is 393 g/mol. The molecule has 0 saturated heterocycles. The predicted molar refractivity (Wildman–Crippen MR) is 93.3 cm³/mol. The zero-order chi connectivity index (χ0) is 17.5. The molecule has 0 spiro atoms. The number of carbonyl (C=O) groups excluding carboxylic acids is 2. The number of esters is 1.